The fourth-order valence-corrected chi connectivity index (χ4v) is 19.2. The summed E-state index contributed by atoms with van der Waals surface area (Å²) in [6, 6.07) is 0. The van der Waals surface area contributed by atoms with Crippen LogP contribution in [0, 0.1) is 35.5 Å². The first-order chi connectivity index (χ1) is 38.7. The van der Waals surface area contributed by atoms with E-state index in [1.165, 1.54) is 0 Å². The second-order valence-corrected chi connectivity index (χ2v) is 29.5. The van der Waals surface area contributed by atoms with Crippen molar-refractivity contribution in [3.8, 4) is 0 Å². The highest BCUT2D eigenvalue weighted by atomic mass is 16.8. The summed E-state index contributed by atoms with van der Waals surface area (Å²) >= 11 is 0. The van der Waals surface area contributed by atoms with Crippen LogP contribution in [0.2, 0.25) is 0 Å². The molecule has 0 aromatic carbocycles. The maximum atomic E-state index is 14.7. The minimum absolute atomic E-state index is 0.00464. The van der Waals surface area contributed by atoms with Gasteiger partial charge in [0.25, 0.3) is 0 Å². The molecule has 17 heteroatoms. The van der Waals surface area contributed by atoms with Crippen molar-refractivity contribution in [3.05, 3.63) is 24.3 Å². The predicted octanol–water partition coefficient (Wildman–Crippen LogP) is 8.05. The van der Waals surface area contributed by atoms with Crippen LogP contribution in [0.15, 0.2) is 24.3 Å². The van der Waals surface area contributed by atoms with Crippen LogP contribution in [0.3, 0.4) is 0 Å². The maximum absolute atomic E-state index is 14.7. The number of rotatable bonds is 3. The van der Waals surface area contributed by atoms with Crippen LogP contribution < -0.4 is 0 Å². The van der Waals surface area contributed by atoms with E-state index in [1.54, 1.807) is 0 Å². The highest BCUT2D eigenvalue weighted by Crippen LogP contribution is 2.62. The number of esters is 1. The van der Waals surface area contributed by atoms with Crippen molar-refractivity contribution in [2.75, 3.05) is 20.6 Å². The van der Waals surface area contributed by atoms with Crippen LogP contribution in [0.25, 0.3) is 0 Å². The Morgan fingerprint density at radius 1 is 0.519 bits per heavy atom. The first-order valence-electron chi connectivity index (χ1n) is 32.3. The second kappa shape index (κ2) is 20.5. The molecule has 16 aliphatic rings. The molecule has 16 fully saturated rings. The Kier molecular flexibility index (Phi) is 14.1. The molecule has 16 rings (SSSR count). The SMILES string of the molecule is C=C1CC2CCC34OC5C6OC(CCC6OC6C5OC(C)(C6O3)C4C)CC(=O)OC3C(CC4OC(CCC1O2)CC(C)C4=C)OC1CC2OC4(CC2OC1C3C)CC1OC2(CC(C)C3OC(CCN(C)C)C(C)CC3O2)CC(C)C1O4. The monoisotopic (exact) mass is 1130 g/mol. The quantitative estimate of drug-likeness (QED) is 0.197. The topological polar surface area (TPSA) is 159 Å². The van der Waals surface area contributed by atoms with E-state index in [1.807, 2.05) is 0 Å². The molecule has 452 valence electrons. The molecule has 12 bridgehead atoms. The van der Waals surface area contributed by atoms with E-state index in [9.17, 15) is 4.79 Å². The summed E-state index contributed by atoms with van der Waals surface area (Å²) in [4.78, 5) is 16.9. The number of fused-ring (bicyclic) bond motifs is 10. The summed E-state index contributed by atoms with van der Waals surface area (Å²) < 4.78 is 106. The smallest absolute Gasteiger partial charge is 0.308 e. The van der Waals surface area contributed by atoms with E-state index in [0.717, 1.165) is 81.9 Å². The van der Waals surface area contributed by atoms with Gasteiger partial charge in [0, 0.05) is 56.8 Å². The molecule has 32 atom stereocenters. The largest absolute Gasteiger partial charge is 0.459 e. The Labute approximate surface area is 480 Å². The van der Waals surface area contributed by atoms with E-state index >= 15 is 0 Å². The lowest BCUT2D eigenvalue weighted by atomic mass is 9.77. The van der Waals surface area contributed by atoms with Crippen LogP contribution in [0.5, 0.6) is 0 Å². The summed E-state index contributed by atoms with van der Waals surface area (Å²) in [5.74, 6) is -1.89. The Bertz CT molecular complexity index is 2430. The minimum Gasteiger partial charge on any atom is -0.459 e. The van der Waals surface area contributed by atoms with Gasteiger partial charge in [-0.25, -0.2) is 0 Å². The highest BCUT2D eigenvalue weighted by Gasteiger charge is 2.76. The van der Waals surface area contributed by atoms with Crippen molar-refractivity contribution < 1.29 is 75.8 Å². The van der Waals surface area contributed by atoms with Crippen molar-refractivity contribution in [3.63, 3.8) is 0 Å². The van der Waals surface area contributed by atoms with E-state index in [2.05, 4.69) is 80.6 Å². The van der Waals surface area contributed by atoms with Gasteiger partial charge in [-0.15, -0.1) is 0 Å². The lowest BCUT2D eigenvalue weighted by Crippen LogP contribution is -2.62. The zero-order chi connectivity index (χ0) is 55.8. The first kappa shape index (κ1) is 55.9. The summed E-state index contributed by atoms with van der Waals surface area (Å²) in [5.41, 5.74) is 1.61. The molecular weight excluding hydrogens is 1040 g/mol. The van der Waals surface area contributed by atoms with Crippen LogP contribution in [-0.2, 0) is 75.8 Å². The minimum atomic E-state index is -0.895. The molecule has 0 radical (unpaired) electrons. The van der Waals surface area contributed by atoms with Crippen LogP contribution in [-0.4, -0.2) is 189 Å². The molecule has 3 spiro atoms. The normalized spacial score (nSPS) is 58.3. The third-order valence-electron chi connectivity index (χ3n) is 23.6. The van der Waals surface area contributed by atoms with Gasteiger partial charge < -0.3 is 76.0 Å². The van der Waals surface area contributed by atoms with Gasteiger partial charge in [-0.2, -0.15) is 0 Å². The standard InChI is InChI=1S/C64H95NO16/c1-30-20-38-12-14-41-31(2)21-40(67-41)16-18-64-37(8)61(9)60(81-64)59-58(78-61)57(80-64)56-43(72-59)15-13-39(69-56)23-51(66)74-55-36(7)54-47(70-46(55)24-44(68-38)35(30)6)25-45-49(73-54)28-63(75-45)29-50-53(79-63)34(5)27-62(77-50)26-33(4)52-48(76-62)22-32(3)42(71-52)17-19-65(10)11/h30,32-34,36-50,52-60H,2,6,12-29H2,1,3-5,7-11H3. The summed E-state index contributed by atoms with van der Waals surface area (Å²) in [5, 5.41) is 0. The van der Waals surface area contributed by atoms with Crippen molar-refractivity contribution in [1.29, 1.82) is 0 Å². The fourth-order valence-electron chi connectivity index (χ4n) is 19.2. The Morgan fingerprint density at radius 3 is 2.05 bits per heavy atom. The molecule has 0 amide bonds. The number of hydrogen-bond acceptors (Lipinski definition) is 17. The molecular formula is C64H95NO16. The van der Waals surface area contributed by atoms with Crippen molar-refractivity contribution >= 4 is 5.97 Å². The van der Waals surface area contributed by atoms with Gasteiger partial charge in [0.05, 0.1) is 104 Å². The molecule has 0 N–H and O–H groups in total. The van der Waals surface area contributed by atoms with Crippen molar-refractivity contribution in [2.24, 2.45) is 35.5 Å². The van der Waals surface area contributed by atoms with Crippen LogP contribution >= 0.6 is 0 Å². The third kappa shape index (κ3) is 9.41. The van der Waals surface area contributed by atoms with Gasteiger partial charge >= 0.3 is 5.97 Å². The Balaban J connectivity index is 0.660. The average molecular weight is 1130 g/mol. The van der Waals surface area contributed by atoms with Crippen molar-refractivity contribution in [1.82, 2.24) is 4.90 Å². The Morgan fingerprint density at radius 2 is 1.22 bits per heavy atom. The fraction of sp³-hybridized carbons (Fsp3) is 0.922. The number of carbonyl (C=O) groups is 1. The lowest BCUT2D eigenvalue weighted by Gasteiger charge is -2.55. The van der Waals surface area contributed by atoms with Gasteiger partial charge in [0.15, 0.2) is 17.4 Å². The number of carbonyl (C=O) groups excluding carboxylic acids is 1. The van der Waals surface area contributed by atoms with Gasteiger partial charge in [-0.05, 0) is 120 Å². The molecule has 0 aliphatic carbocycles. The van der Waals surface area contributed by atoms with Crippen LogP contribution in [0.1, 0.15) is 158 Å². The number of nitrogens with zero attached hydrogens (tertiary/aromatic N) is 1. The van der Waals surface area contributed by atoms with Gasteiger partial charge in [-0.1, -0.05) is 54.7 Å². The average Bonchev–Trinajstić information content (AvgIpc) is 2.49. The van der Waals surface area contributed by atoms with Gasteiger partial charge in [-0.3, -0.25) is 4.79 Å². The van der Waals surface area contributed by atoms with E-state index < -0.39 is 53.5 Å². The second-order valence-electron chi connectivity index (χ2n) is 29.5. The zero-order valence-electron chi connectivity index (χ0n) is 49.8. The summed E-state index contributed by atoms with van der Waals surface area (Å²) in [6.07, 6.45) is 7.20. The maximum Gasteiger partial charge on any atom is 0.308 e. The highest BCUT2D eigenvalue weighted by molar-refractivity contribution is 5.70. The summed E-state index contributed by atoms with van der Waals surface area (Å²) in [7, 11) is 4.26. The number of ether oxygens (including phenoxy) is 15. The predicted molar refractivity (Wildman–Crippen MR) is 292 cm³/mol. The van der Waals surface area contributed by atoms with E-state index in [-0.39, 0.29) is 140 Å². The van der Waals surface area contributed by atoms with Crippen LogP contribution in [0.4, 0.5) is 0 Å². The first-order valence-corrected chi connectivity index (χ1v) is 32.3. The molecule has 32 unspecified atom stereocenters. The van der Waals surface area contributed by atoms with E-state index in [0.29, 0.717) is 50.4 Å². The molecule has 17 nitrogen and oxygen atoms in total. The summed E-state index contributed by atoms with van der Waals surface area (Å²) in [6.45, 7) is 25.9. The molecule has 0 saturated carbocycles. The molecule has 0 aromatic rings. The number of hydrogen-bond donors (Lipinski definition) is 0. The third-order valence-corrected chi connectivity index (χ3v) is 23.6. The van der Waals surface area contributed by atoms with Crippen molar-refractivity contribution in [2.45, 2.75) is 315 Å². The molecule has 16 heterocycles. The van der Waals surface area contributed by atoms with Gasteiger partial charge in [0.1, 0.15) is 42.2 Å². The van der Waals surface area contributed by atoms with Gasteiger partial charge in [0.2, 0.25) is 0 Å². The zero-order valence-corrected chi connectivity index (χ0v) is 49.8. The molecule has 0 aromatic heterocycles. The lowest BCUT2D eigenvalue weighted by molar-refractivity contribution is -0.369. The molecule has 16 saturated heterocycles. The molecule has 81 heavy (non-hydrogen) atoms. The molecule has 16 aliphatic heterocycles. The van der Waals surface area contributed by atoms with E-state index in [4.69, 9.17) is 71.1 Å². The Hall–Kier alpha value is -1.65.